The highest BCUT2D eigenvalue weighted by molar-refractivity contribution is 5.84. The molecule has 0 atom stereocenters. The highest BCUT2D eigenvalue weighted by Crippen LogP contribution is 2.24. The van der Waals surface area contributed by atoms with E-state index in [1.54, 1.807) is 24.3 Å². The van der Waals surface area contributed by atoms with Crippen molar-refractivity contribution in [1.29, 1.82) is 0 Å². The number of carbonyl (C=O) groups is 1. The van der Waals surface area contributed by atoms with Crippen molar-refractivity contribution in [3.8, 4) is 22.6 Å². The molecule has 114 valence electrons. The van der Waals surface area contributed by atoms with Crippen LogP contribution in [-0.2, 0) is 4.79 Å². The zero-order valence-electron chi connectivity index (χ0n) is 12.0. The zero-order chi connectivity index (χ0) is 16.4. The van der Waals surface area contributed by atoms with E-state index in [1.165, 1.54) is 24.5 Å². The van der Waals surface area contributed by atoms with Gasteiger partial charge >= 0.3 is 5.97 Å². The lowest BCUT2D eigenvalue weighted by Gasteiger charge is -2.05. The fraction of sp³-hybridized carbons (Fsp3) is 0. The van der Waals surface area contributed by atoms with E-state index >= 15 is 0 Å². The topological polar surface area (TPSA) is 76.7 Å². The molecular formula is C18H12O5. The molecule has 0 fully saturated rings. The van der Waals surface area contributed by atoms with Crippen LogP contribution in [0.3, 0.4) is 0 Å². The number of ether oxygens (including phenoxy) is 1. The van der Waals surface area contributed by atoms with E-state index in [1.807, 2.05) is 0 Å². The Hall–Kier alpha value is -3.34. The quantitative estimate of drug-likeness (QED) is 0.456. The summed E-state index contributed by atoms with van der Waals surface area (Å²) in [5.41, 5.74) is 1.12. The lowest BCUT2D eigenvalue weighted by atomic mass is 10.1. The van der Waals surface area contributed by atoms with E-state index in [0.29, 0.717) is 27.8 Å². The molecule has 0 aliphatic carbocycles. The Morgan fingerprint density at radius 2 is 1.91 bits per heavy atom. The van der Waals surface area contributed by atoms with Crippen LogP contribution in [0.2, 0.25) is 0 Å². The van der Waals surface area contributed by atoms with Crippen LogP contribution in [0.5, 0.6) is 11.5 Å². The van der Waals surface area contributed by atoms with Crippen molar-refractivity contribution in [1.82, 2.24) is 0 Å². The third kappa shape index (κ3) is 2.85. The fourth-order valence-corrected chi connectivity index (χ4v) is 2.18. The number of fused-ring (bicyclic) bond motifs is 1. The highest BCUT2D eigenvalue weighted by atomic mass is 16.5. The first-order valence-corrected chi connectivity index (χ1v) is 6.77. The molecule has 0 bridgehead atoms. The van der Waals surface area contributed by atoms with Gasteiger partial charge < -0.3 is 14.3 Å². The molecule has 23 heavy (non-hydrogen) atoms. The Morgan fingerprint density at radius 3 is 2.61 bits per heavy atom. The lowest BCUT2D eigenvalue weighted by molar-refractivity contribution is -0.128. The van der Waals surface area contributed by atoms with Crippen molar-refractivity contribution in [2.45, 2.75) is 0 Å². The maximum absolute atomic E-state index is 12.5. The molecule has 3 rings (SSSR count). The van der Waals surface area contributed by atoms with E-state index in [-0.39, 0.29) is 11.2 Å². The SMILES string of the molecule is C=CC(=O)Oc1ccc(-c2coc3cc(O)ccc3c2=O)cc1. The molecule has 3 aromatic rings. The molecule has 0 radical (unpaired) electrons. The van der Waals surface area contributed by atoms with Crippen LogP contribution < -0.4 is 10.2 Å². The summed E-state index contributed by atoms with van der Waals surface area (Å²) in [4.78, 5) is 23.6. The number of aromatic hydroxyl groups is 1. The van der Waals surface area contributed by atoms with Crippen LogP contribution >= 0.6 is 0 Å². The molecule has 0 unspecified atom stereocenters. The second kappa shape index (κ2) is 5.81. The molecule has 2 aromatic carbocycles. The first-order chi connectivity index (χ1) is 11.1. The Morgan fingerprint density at radius 1 is 1.17 bits per heavy atom. The number of phenolic OH excluding ortho intramolecular Hbond substituents is 1. The average Bonchev–Trinajstić information content (AvgIpc) is 2.56. The molecule has 0 saturated carbocycles. The zero-order valence-corrected chi connectivity index (χ0v) is 12.0. The van der Waals surface area contributed by atoms with Gasteiger partial charge in [-0.05, 0) is 29.8 Å². The molecule has 5 heteroatoms. The van der Waals surface area contributed by atoms with Gasteiger partial charge in [-0.2, -0.15) is 0 Å². The summed E-state index contributed by atoms with van der Waals surface area (Å²) in [6.45, 7) is 3.32. The van der Waals surface area contributed by atoms with Gasteiger partial charge in [-0.25, -0.2) is 4.79 Å². The Kier molecular flexibility index (Phi) is 3.68. The Bertz CT molecular complexity index is 951. The number of benzene rings is 2. The number of hydrogen-bond donors (Lipinski definition) is 1. The van der Waals surface area contributed by atoms with Crippen LogP contribution in [0, 0.1) is 0 Å². The maximum atomic E-state index is 12.5. The number of esters is 1. The number of carbonyl (C=O) groups excluding carboxylic acids is 1. The van der Waals surface area contributed by atoms with Crippen molar-refractivity contribution in [3.63, 3.8) is 0 Å². The van der Waals surface area contributed by atoms with Crippen LogP contribution in [0.25, 0.3) is 22.1 Å². The van der Waals surface area contributed by atoms with Crippen molar-refractivity contribution in [2.75, 3.05) is 0 Å². The first-order valence-electron chi connectivity index (χ1n) is 6.77. The number of phenols is 1. The van der Waals surface area contributed by atoms with Gasteiger partial charge in [-0.15, -0.1) is 0 Å². The van der Waals surface area contributed by atoms with Gasteiger partial charge in [0.2, 0.25) is 0 Å². The minimum Gasteiger partial charge on any atom is -0.508 e. The summed E-state index contributed by atoms with van der Waals surface area (Å²) in [6.07, 6.45) is 2.41. The van der Waals surface area contributed by atoms with Crippen molar-refractivity contribution in [3.05, 3.63) is 71.6 Å². The predicted octanol–water partition coefficient (Wildman–Crippen LogP) is 3.26. The molecule has 5 nitrogen and oxygen atoms in total. The molecule has 1 aromatic heterocycles. The maximum Gasteiger partial charge on any atom is 0.335 e. The van der Waals surface area contributed by atoms with Gasteiger partial charge in [0.25, 0.3) is 0 Å². The second-order valence-electron chi connectivity index (χ2n) is 4.81. The predicted molar refractivity (Wildman–Crippen MR) is 85.4 cm³/mol. The standard InChI is InChI=1S/C18H12O5/c1-2-17(20)23-13-6-3-11(4-7-13)15-10-22-16-9-12(19)5-8-14(16)18(15)21/h2-10,19H,1H2. The van der Waals surface area contributed by atoms with E-state index in [9.17, 15) is 14.7 Å². The van der Waals surface area contributed by atoms with E-state index < -0.39 is 5.97 Å². The van der Waals surface area contributed by atoms with Gasteiger partial charge in [0.15, 0.2) is 5.43 Å². The molecule has 0 aliphatic rings. The van der Waals surface area contributed by atoms with Crippen molar-refractivity contribution >= 4 is 16.9 Å². The van der Waals surface area contributed by atoms with Crippen LogP contribution in [-0.4, -0.2) is 11.1 Å². The second-order valence-corrected chi connectivity index (χ2v) is 4.81. The molecule has 0 saturated heterocycles. The summed E-state index contributed by atoms with van der Waals surface area (Å²) in [6, 6.07) is 10.8. The van der Waals surface area contributed by atoms with Gasteiger partial charge in [-0.3, -0.25) is 4.79 Å². The molecule has 1 N–H and O–H groups in total. The summed E-state index contributed by atoms with van der Waals surface area (Å²) >= 11 is 0. The van der Waals surface area contributed by atoms with Gasteiger partial charge in [0.1, 0.15) is 23.3 Å². The minimum atomic E-state index is -0.553. The van der Waals surface area contributed by atoms with Gasteiger partial charge in [0.05, 0.1) is 10.9 Å². The average molecular weight is 308 g/mol. The van der Waals surface area contributed by atoms with E-state index in [4.69, 9.17) is 9.15 Å². The summed E-state index contributed by atoms with van der Waals surface area (Å²) < 4.78 is 10.4. The van der Waals surface area contributed by atoms with Crippen LogP contribution in [0.1, 0.15) is 0 Å². The van der Waals surface area contributed by atoms with E-state index in [2.05, 4.69) is 6.58 Å². The van der Waals surface area contributed by atoms with Gasteiger partial charge in [-0.1, -0.05) is 18.7 Å². The fourth-order valence-electron chi connectivity index (χ4n) is 2.18. The van der Waals surface area contributed by atoms with Crippen molar-refractivity contribution in [2.24, 2.45) is 0 Å². The first kappa shape index (κ1) is 14.6. The Labute approximate surface area is 131 Å². The summed E-state index contributed by atoms with van der Waals surface area (Å²) in [5.74, 6) is -0.168. The van der Waals surface area contributed by atoms with Crippen LogP contribution in [0.4, 0.5) is 0 Å². The summed E-state index contributed by atoms with van der Waals surface area (Å²) in [7, 11) is 0. The lowest BCUT2D eigenvalue weighted by Crippen LogP contribution is -2.05. The van der Waals surface area contributed by atoms with Gasteiger partial charge in [0, 0.05) is 12.1 Å². The molecule has 1 heterocycles. The van der Waals surface area contributed by atoms with E-state index in [0.717, 1.165) is 6.08 Å². The Balaban J connectivity index is 2.01. The highest BCUT2D eigenvalue weighted by Gasteiger charge is 2.10. The third-order valence-electron chi connectivity index (χ3n) is 3.31. The third-order valence-corrected chi connectivity index (χ3v) is 3.31. The monoisotopic (exact) mass is 308 g/mol. The summed E-state index contributed by atoms with van der Waals surface area (Å²) in [5, 5.41) is 9.80. The van der Waals surface area contributed by atoms with Crippen LogP contribution in [0.15, 0.2) is 70.6 Å². The number of rotatable bonds is 3. The van der Waals surface area contributed by atoms with Crippen molar-refractivity contribution < 1.29 is 19.1 Å². The largest absolute Gasteiger partial charge is 0.508 e. The molecule has 0 aliphatic heterocycles. The normalized spacial score (nSPS) is 10.4. The number of hydrogen-bond acceptors (Lipinski definition) is 5. The smallest absolute Gasteiger partial charge is 0.335 e. The minimum absolute atomic E-state index is 0.0294. The molecule has 0 spiro atoms. The molecule has 0 amide bonds. The molecular weight excluding hydrogens is 296 g/mol.